The van der Waals surface area contributed by atoms with Crippen molar-refractivity contribution in [2.24, 2.45) is 5.92 Å². The molecule has 0 atom stereocenters. The molecule has 0 aliphatic carbocycles. The predicted molar refractivity (Wildman–Crippen MR) is 72.2 cm³/mol. The van der Waals surface area contributed by atoms with Gasteiger partial charge in [0.2, 0.25) is 10.0 Å². The molecule has 2 rings (SSSR count). The number of carbonyl (C=O) groups is 1. The molecule has 1 N–H and O–H groups in total. The molecule has 0 spiro atoms. The number of halogens is 3. The highest BCUT2D eigenvalue weighted by molar-refractivity contribution is 7.89. The first-order valence-electron chi connectivity index (χ1n) is 6.68. The Balaban J connectivity index is 2.10. The summed E-state index contributed by atoms with van der Waals surface area (Å²) >= 11 is 0. The van der Waals surface area contributed by atoms with E-state index in [1.54, 1.807) is 0 Å². The van der Waals surface area contributed by atoms with Gasteiger partial charge in [-0.25, -0.2) is 8.42 Å². The Morgan fingerprint density at radius 2 is 1.70 bits per heavy atom. The highest BCUT2D eigenvalue weighted by atomic mass is 32.2. The Morgan fingerprint density at radius 1 is 1.17 bits per heavy atom. The molecule has 0 radical (unpaired) electrons. The number of rotatable bonds is 4. The maximum Gasteiger partial charge on any atom is 0.573 e. The fourth-order valence-electron chi connectivity index (χ4n) is 2.31. The number of hydrogen-bond acceptors (Lipinski definition) is 4. The van der Waals surface area contributed by atoms with E-state index in [1.807, 2.05) is 0 Å². The van der Waals surface area contributed by atoms with Gasteiger partial charge in [0, 0.05) is 13.1 Å². The van der Waals surface area contributed by atoms with Crippen molar-refractivity contribution >= 4 is 16.0 Å². The van der Waals surface area contributed by atoms with Gasteiger partial charge in [-0.1, -0.05) is 0 Å². The van der Waals surface area contributed by atoms with Crippen molar-refractivity contribution in [3.63, 3.8) is 0 Å². The molecule has 1 aromatic rings. The normalized spacial score (nSPS) is 17.9. The van der Waals surface area contributed by atoms with Gasteiger partial charge in [0.15, 0.2) is 0 Å². The average Bonchev–Trinajstić information content (AvgIpc) is 2.46. The van der Waals surface area contributed by atoms with Crippen LogP contribution in [0.15, 0.2) is 29.2 Å². The molecule has 0 aromatic heterocycles. The maximum absolute atomic E-state index is 12.4. The van der Waals surface area contributed by atoms with Gasteiger partial charge in [-0.3, -0.25) is 4.79 Å². The lowest BCUT2D eigenvalue weighted by Crippen LogP contribution is -2.40. The van der Waals surface area contributed by atoms with E-state index >= 15 is 0 Å². The van der Waals surface area contributed by atoms with Crippen molar-refractivity contribution in [3.8, 4) is 5.75 Å². The van der Waals surface area contributed by atoms with E-state index in [4.69, 9.17) is 5.11 Å². The molecule has 1 saturated heterocycles. The van der Waals surface area contributed by atoms with E-state index in [2.05, 4.69) is 4.74 Å². The third-order valence-electron chi connectivity index (χ3n) is 3.50. The molecular formula is C13H14F3NO5S. The number of carboxylic acid groups (broad SMARTS) is 1. The fourth-order valence-corrected chi connectivity index (χ4v) is 3.78. The number of sulfonamides is 1. The van der Waals surface area contributed by atoms with Gasteiger partial charge in [-0.15, -0.1) is 13.2 Å². The molecule has 10 heteroatoms. The third kappa shape index (κ3) is 4.35. The summed E-state index contributed by atoms with van der Waals surface area (Å²) in [6, 6.07) is 3.90. The number of ether oxygens (including phenoxy) is 1. The summed E-state index contributed by atoms with van der Waals surface area (Å²) < 4.78 is 65.8. The zero-order chi connectivity index (χ0) is 17.3. The van der Waals surface area contributed by atoms with Gasteiger partial charge in [-0.2, -0.15) is 4.31 Å². The van der Waals surface area contributed by atoms with Crippen LogP contribution >= 0.6 is 0 Å². The van der Waals surface area contributed by atoms with Crippen LogP contribution in [0.5, 0.6) is 5.75 Å². The summed E-state index contributed by atoms with van der Waals surface area (Å²) in [6.07, 6.45) is -4.45. The van der Waals surface area contributed by atoms with Crippen LogP contribution in [0, 0.1) is 5.92 Å². The number of piperidine rings is 1. The second kappa shape index (κ2) is 6.36. The lowest BCUT2D eigenvalue weighted by Gasteiger charge is -2.29. The molecule has 0 bridgehead atoms. The summed E-state index contributed by atoms with van der Waals surface area (Å²) in [4.78, 5) is 10.7. The van der Waals surface area contributed by atoms with E-state index in [-0.39, 0.29) is 30.8 Å². The van der Waals surface area contributed by atoms with Crippen molar-refractivity contribution < 1.29 is 36.2 Å². The monoisotopic (exact) mass is 353 g/mol. The topological polar surface area (TPSA) is 83.9 Å². The zero-order valence-corrected chi connectivity index (χ0v) is 12.6. The van der Waals surface area contributed by atoms with Crippen LogP contribution in [0.1, 0.15) is 12.8 Å². The minimum atomic E-state index is -4.85. The lowest BCUT2D eigenvalue weighted by molar-refractivity contribution is -0.274. The van der Waals surface area contributed by atoms with Crippen LogP contribution in [-0.4, -0.2) is 43.3 Å². The van der Waals surface area contributed by atoms with Crippen molar-refractivity contribution in [1.29, 1.82) is 0 Å². The van der Waals surface area contributed by atoms with Gasteiger partial charge in [0.05, 0.1) is 10.8 Å². The first kappa shape index (κ1) is 17.5. The molecule has 6 nitrogen and oxygen atoms in total. The van der Waals surface area contributed by atoms with Crippen LogP contribution < -0.4 is 4.74 Å². The molecule has 23 heavy (non-hydrogen) atoms. The predicted octanol–water partition coefficient (Wildman–Crippen LogP) is 2.07. The van der Waals surface area contributed by atoms with Crippen molar-refractivity contribution in [3.05, 3.63) is 24.3 Å². The molecule has 1 aromatic carbocycles. The van der Waals surface area contributed by atoms with Gasteiger partial charge in [0.25, 0.3) is 0 Å². The zero-order valence-electron chi connectivity index (χ0n) is 11.8. The summed E-state index contributed by atoms with van der Waals surface area (Å²) in [6.45, 7) is 0.111. The molecule has 0 saturated carbocycles. The number of aliphatic carboxylic acids is 1. The first-order valence-corrected chi connectivity index (χ1v) is 8.12. The second-order valence-corrected chi connectivity index (χ2v) is 6.97. The van der Waals surface area contributed by atoms with E-state index < -0.39 is 34.0 Å². The Morgan fingerprint density at radius 3 is 2.13 bits per heavy atom. The number of hydrogen-bond donors (Lipinski definition) is 1. The minimum absolute atomic E-state index is 0.0557. The highest BCUT2D eigenvalue weighted by Crippen LogP contribution is 2.27. The van der Waals surface area contributed by atoms with Gasteiger partial charge in [-0.05, 0) is 37.1 Å². The Hall–Kier alpha value is -1.81. The van der Waals surface area contributed by atoms with Crippen molar-refractivity contribution in [2.45, 2.75) is 24.1 Å². The molecular weight excluding hydrogens is 339 g/mol. The quantitative estimate of drug-likeness (QED) is 0.896. The van der Waals surface area contributed by atoms with Gasteiger partial charge >= 0.3 is 12.3 Å². The van der Waals surface area contributed by atoms with Crippen LogP contribution in [0.2, 0.25) is 0 Å². The molecule has 1 aliphatic rings. The Bertz CT molecular complexity index is 664. The van der Waals surface area contributed by atoms with E-state index in [0.717, 1.165) is 28.6 Å². The molecule has 1 heterocycles. The standard InChI is InChI=1S/C13H14F3NO5S/c14-13(15,16)22-10-1-3-11(4-2-10)23(20,21)17-7-5-9(6-8-17)12(18)19/h1-4,9H,5-8H2,(H,18,19). The summed E-state index contributed by atoms with van der Waals surface area (Å²) in [5.74, 6) is -2.05. The summed E-state index contributed by atoms with van der Waals surface area (Å²) in [5.41, 5.74) is 0. The number of carboxylic acids is 1. The molecule has 0 amide bonds. The van der Waals surface area contributed by atoms with E-state index in [0.29, 0.717) is 0 Å². The molecule has 1 fully saturated rings. The van der Waals surface area contributed by atoms with Crippen LogP contribution in [0.25, 0.3) is 0 Å². The minimum Gasteiger partial charge on any atom is -0.481 e. The number of nitrogens with zero attached hydrogens (tertiary/aromatic N) is 1. The Labute approximate surface area is 130 Å². The van der Waals surface area contributed by atoms with Crippen LogP contribution in [0.3, 0.4) is 0 Å². The third-order valence-corrected chi connectivity index (χ3v) is 5.41. The summed E-state index contributed by atoms with van der Waals surface area (Å²) in [7, 11) is -3.87. The van der Waals surface area contributed by atoms with Gasteiger partial charge < -0.3 is 9.84 Å². The highest BCUT2D eigenvalue weighted by Gasteiger charge is 2.33. The molecule has 1 aliphatic heterocycles. The maximum atomic E-state index is 12.4. The Kier molecular flexibility index (Phi) is 4.85. The van der Waals surface area contributed by atoms with Gasteiger partial charge in [0.1, 0.15) is 5.75 Å². The van der Waals surface area contributed by atoms with E-state index in [1.165, 1.54) is 0 Å². The van der Waals surface area contributed by atoms with Crippen molar-refractivity contribution in [2.75, 3.05) is 13.1 Å². The SMILES string of the molecule is O=C(O)C1CCN(S(=O)(=O)c2ccc(OC(F)(F)F)cc2)CC1. The average molecular weight is 353 g/mol. The second-order valence-electron chi connectivity index (χ2n) is 5.04. The van der Waals surface area contributed by atoms with Crippen molar-refractivity contribution in [1.82, 2.24) is 4.31 Å². The summed E-state index contributed by atoms with van der Waals surface area (Å²) in [5, 5.41) is 8.89. The fraction of sp³-hybridized carbons (Fsp3) is 0.462. The molecule has 128 valence electrons. The van der Waals surface area contributed by atoms with E-state index in [9.17, 15) is 26.4 Å². The number of alkyl halides is 3. The first-order chi connectivity index (χ1) is 10.6. The van der Waals surface area contributed by atoms with Crippen LogP contribution in [-0.2, 0) is 14.8 Å². The largest absolute Gasteiger partial charge is 0.573 e. The smallest absolute Gasteiger partial charge is 0.481 e. The molecule has 0 unspecified atom stereocenters. The lowest BCUT2D eigenvalue weighted by atomic mass is 9.99. The number of benzene rings is 1. The van der Waals surface area contributed by atoms with Crippen LogP contribution in [0.4, 0.5) is 13.2 Å².